The van der Waals surface area contributed by atoms with Crippen molar-refractivity contribution < 1.29 is 9.14 Å². The van der Waals surface area contributed by atoms with Gasteiger partial charge in [0.05, 0.1) is 7.11 Å². The van der Waals surface area contributed by atoms with Crippen molar-refractivity contribution >= 4 is 5.52 Å². The maximum absolute atomic E-state index is 5.14. The third-order valence-corrected chi connectivity index (χ3v) is 3.10. The average molecular weight is 260 g/mol. The van der Waals surface area contributed by atoms with Crippen molar-refractivity contribution in [3.05, 3.63) is 78.1 Å². The fraction of sp³-hybridized carbons (Fsp3) is 0.0556. The monoisotopic (exact) mass is 260 g/mol. The molecule has 1 aromatic carbocycles. The van der Waals surface area contributed by atoms with Crippen LogP contribution >= 0.6 is 0 Å². The normalized spacial score (nSPS) is 9.85. The minimum atomic E-state index is 0.843. The summed E-state index contributed by atoms with van der Waals surface area (Å²) in [6.07, 6.45) is 2.02. The molecule has 0 radical (unpaired) electrons. The first-order valence-corrected chi connectivity index (χ1v) is 6.42. The topological polar surface area (TPSA) is 13.3 Å². The highest BCUT2D eigenvalue weighted by Crippen LogP contribution is 2.10. The summed E-state index contributed by atoms with van der Waals surface area (Å²) in [4.78, 5) is 0. The summed E-state index contributed by atoms with van der Waals surface area (Å²) in [6.45, 7) is 0. The van der Waals surface area contributed by atoms with Crippen LogP contribution in [-0.4, -0.2) is 7.11 Å². The SMILES string of the molecule is COc1ccc(C#Cc2cccc3cccc[n+]23)cc1. The lowest BCUT2D eigenvalue weighted by atomic mass is 10.2. The quantitative estimate of drug-likeness (QED) is 0.484. The molecule has 3 aromatic rings. The first-order valence-electron chi connectivity index (χ1n) is 6.42. The standard InChI is InChI=1S/C18H14NO/c1-20-18-12-9-15(10-13-18)8-11-17-7-4-6-16-5-2-3-14-19(16)17/h2-7,9-10,12-14H,1H3/q+1. The summed E-state index contributed by atoms with van der Waals surface area (Å²) in [6, 6.07) is 20.0. The highest BCUT2D eigenvalue weighted by molar-refractivity contribution is 5.44. The van der Waals surface area contributed by atoms with Crippen molar-refractivity contribution in [3.63, 3.8) is 0 Å². The molecule has 0 spiro atoms. The summed E-state index contributed by atoms with van der Waals surface area (Å²) in [5.74, 6) is 7.23. The van der Waals surface area contributed by atoms with Crippen LogP contribution in [0.1, 0.15) is 11.3 Å². The Morgan fingerprint density at radius 2 is 1.65 bits per heavy atom. The van der Waals surface area contributed by atoms with Crippen LogP contribution in [-0.2, 0) is 0 Å². The minimum absolute atomic E-state index is 0.843. The zero-order chi connectivity index (χ0) is 13.8. The van der Waals surface area contributed by atoms with E-state index in [9.17, 15) is 0 Å². The van der Waals surface area contributed by atoms with Crippen LogP contribution in [0.15, 0.2) is 66.9 Å². The number of aromatic nitrogens is 1. The molecule has 0 atom stereocenters. The van der Waals surface area contributed by atoms with Gasteiger partial charge in [0.1, 0.15) is 5.75 Å². The molecule has 2 heteroatoms. The first kappa shape index (κ1) is 12.3. The Bertz CT molecular complexity index is 790. The van der Waals surface area contributed by atoms with E-state index < -0.39 is 0 Å². The van der Waals surface area contributed by atoms with Crippen molar-refractivity contribution in [3.8, 4) is 17.6 Å². The molecule has 0 unspecified atom stereocenters. The molecule has 3 rings (SSSR count). The Labute approximate surface area is 118 Å². The second-order valence-electron chi connectivity index (χ2n) is 4.39. The highest BCUT2D eigenvalue weighted by Gasteiger charge is 2.04. The summed E-state index contributed by atoms with van der Waals surface area (Å²) in [7, 11) is 1.66. The number of methoxy groups -OCH3 is 1. The average Bonchev–Trinajstić information content (AvgIpc) is 2.53. The molecule has 20 heavy (non-hydrogen) atoms. The zero-order valence-corrected chi connectivity index (χ0v) is 11.2. The van der Waals surface area contributed by atoms with Crippen LogP contribution in [0.3, 0.4) is 0 Å². The molecule has 0 aliphatic carbocycles. The predicted molar refractivity (Wildman–Crippen MR) is 78.6 cm³/mol. The Hall–Kier alpha value is -2.79. The molecule has 2 heterocycles. The van der Waals surface area contributed by atoms with Crippen molar-refractivity contribution in [2.24, 2.45) is 0 Å². The van der Waals surface area contributed by atoms with Gasteiger partial charge in [-0.05, 0) is 36.4 Å². The number of fused-ring (bicyclic) bond motifs is 1. The van der Waals surface area contributed by atoms with Gasteiger partial charge in [0, 0.05) is 35.7 Å². The van der Waals surface area contributed by atoms with E-state index in [1.54, 1.807) is 7.11 Å². The molecule has 0 saturated heterocycles. The number of ether oxygens (including phenoxy) is 1. The van der Waals surface area contributed by atoms with Crippen molar-refractivity contribution in [1.82, 2.24) is 0 Å². The van der Waals surface area contributed by atoms with Gasteiger partial charge in [0.25, 0.3) is 5.69 Å². The number of hydrogen-bond donors (Lipinski definition) is 0. The molecule has 2 aromatic heterocycles. The van der Waals surface area contributed by atoms with E-state index in [4.69, 9.17) is 4.74 Å². The Morgan fingerprint density at radius 1 is 0.850 bits per heavy atom. The molecule has 0 aliphatic heterocycles. The summed E-state index contributed by atoms with van der Waals surface area (Å²) >= 11 is 0. The summed E-state index contributed by atoms with van der Waals surface area (Å²) in [5.41, 5.74) is 3.08. The van der Waals surface area contributed by atoms with Gasteiger partial charge in [0.2, 0.25) is 5.52 Å². The van der Waals surface area contributed by atoms with Crippen LogP contribution in [0.25, 0.3) is 5.52 Å². The van der Waals surface area contributed by atoms with E-state index in [1.165, 1.54) is 0 Å². The first-order chi connectivity index (χ1) is 9.86. The van der Waals surface area contributed by atoms with Crippen molar-refractivity contribution in [2.75, 3.05) is 7.11 Å². The third kappa shape index (κ3) is 2.48. The van der Waals surface area contributed by atoms with Gasteiger partial charge in [-0.1, -0.05) is 5.92 Å². The van der Waals surface area contributed by atoms with Crippen molar-refractivity contribution in [2.45, 2.75) is 0 Å². The lowest BCUT2D eigenvalue weighted by molar-refractivity contribution is -0.515. The fourth-order valence-corrected chi connectivity index (χ4v) is 2.04. The van der Waals surface area contributed by atoms with Gasteiger partial charge < -0.3 is 4.74 Å². The predicted octanol–water partition coefficient (Wildman–Crippen LogP) is 2.83. The van der Waals surface area contributed by atoms with Gasteiger partial charge in [0.15, 0.2) is 6.20 Å². The largest absolute Gasteiger partial charge is 0.497 e. The molecule has 0 aliphatic rings. The van der Waals surface area contributed by atoms with E-state index in [-0.39, 0.29) is 0 Å². The number of nitrogens with zero attached hydrogens (tertiary/aromatic N) is 1. The zero-order valence-electron chi connectivity index (χ0n) is 11.2. The third-order valence-electron chi connectivity index (χ3n) is 3.10. The Kier molecular flexibility index (Phi) is 3.34. The Balaban J connectivity index is 1.99. The number of benzene rings is 1. The second kappa shape index (κ2) is 5.46. The van der Waals surface area contributed by atoms with E-state index in [1.807, 2.05) is 54.7 Å². The van der Waals surface area contributed by atoms with Crippen LogP contribution in [0.2, 0.25) is 0 Å². The van der Waals surface area contributed by atoms with Crippen LogP contribution in [0, 0.1) is 11.8 Å². The van der Waals surface area contributed by atoms with E-state index in [2.05, 4.69) is 28.4 Å². The Morgan fingerprint density at radius 3 is 2.45 bits per heavy atom. The minimum Gasteiger partial charge on any atom is -0.497 e. The number of hydrogen-bond acceptors (Lipinski definition) is 1. The molecule has 0 fully saturated rings. The van der Waals surface area contributed by atoms with E-state index in [0.29, 0.717) is 0 Å². The van der Waals surface area contributed by atoms with Gasteiger partial charge >= 0.3 is 0 Å². The second-order valence-corrected chi connectivity index (χ2v) is 4.39. The molecule has 0 N–H and O–H groups in total. The van der Waals surface area contributed by atoms with Gasteiger partial charge in [-0.2, -0.15) is 4.40 Å². The maximum atomic E-state index is 5.14. The lowest BCUT2D eigenvalue weighted by Crippen LogP contribution is -2.24. The van der Waals surface area contributed by atoms with Gasteiger partial charge in [-0.15, -0.1) is 0 Å². The maximum Gasteiger partial charge on any atom is 0.262 e. The van der Waals surface area contributed by atoms with Crippen LogP contribution < -0.4 is 9.14 Å². The van der Waals surface area contributed by atoms with Crippen molar-refractivity contribution in [1.29, 1.82) is 0 Å². The van der Waals surface area contributed by atoms with Crippen LogP contribution in [0.5, 0.6) is 5.75 Å². The molecule has 0 amide bonds. The lowest BCUT2D eigenvalue weighted by Gasteiger charge is -1.97. The summed E-state index contributed by atoms with van der Waals surface area (Å²) < 4.78 is 7.22. The smallest absolute Gasteiger partial charge is 0.262 e. The van der Waals surface area contributed by atoms with Gasteiger partial charge in [-0.25, -0.2) is 0 Å². The molecule has 96 valence electrons. The fourth-order valence-electron chi connectivity index (χ4n) is 2.04. The van der Waals surface area contributed by atoms with E-state index in [0.717, 1.165) is 22.5 Å². The van der Waals surface area contributed by atoms with E-state index >= 15 is 0 Å². The number of rotatable bonds is 1. The molecular weight excluding hydrogens is 246 g/mol. The molecule has 0 saturated carbocycles. The molecule has 0 bridgehead atoms. The summed E-state index contributed by atoms with van der Waals surface area (Å²) in [5, 5.41) is 0. The van der Waals surface area contributed by atoms with Crippen LogP contribution in [0.4, 0.5) is 0 Å². The molecular formula is C18H14NO+. The van der Waals surface area contributed by atoms with Gasteiger partial charge in [-0.3, -0.25) is 0 Å². The number of pyridine rings is 2. The highest BCUT2D eigenvalue weighted by atomic mass is 16.5. The molecule has 2 nitrogen and oxygen atoms in total.